The zero-order valence-electron chi connectivity index (χ0n) is 20.4. The van der Waals surface area contributed by atoms with Crippen LogP contribution in [0.2, 0.25) is 5.02 Å². The molecule has 6 nitrogen and oxygen atoms in total. The molecule has 0 fully saturated rings. The Morgan fingerprint density at radius 3 is 1.36 bits per heavy atom. The number of anilines is 2. The minimum Gasteiger partial charge on any atom is -0.329 e. The van der Waals surface area contributed by atoms with E-state index in [1.807, 2.05) is 36.4 Å². The van der Waals surface area contributed by atoms with Gasteiger partial charge in [0.2, 0.25) is 0 Å². The van der Waals surface area contributed by atoms with Crippen molar-refractivity contribution in [2.75, 3.05) is 10.6 Å². The minimum absolute atomic E-state index is 0.178. The highest BCUT2D eigenvalue weighted by atomic mass is 35.5. The fourth-order valence-corrected chi connectivity index (χ4v) is 4.06. The zero-order chi connectivity index (χ0) is 27.8. The van der Waals surface area contributed by atoms with Gasteiger partial charge in [0.25, 0.3) is 0 Å². The molecule has 0 aliphatic rings. The number of alkyl halides is 3. The maximum absolute atomic E-state index is 13.0. The molecule has 2 unspecified atom stereocenters. The molecule has 0 bridgehead atoms. The Balaban J connectivity index is 1.59. The van der Waals surface area contributed by atoms with Crippen molar-refractivity contribution < 1.29 is 22.8 Å². The largest absolute Gasteiger partial charge is 0.416 e. The minimum atomic E-state index is -4.49. The number of amides is 4. The van der Waals surface area contributed by atoms with Crippen molar-refractivity contribution in [3.8, 4) is 0 Å². The fourth-order valence-electron chi connectivity index (χ4n) is 3.93. The molecular formula is C29H24ClF3N4O2. The van der Waals surface area contributed by atoms with E-state index in [-0.39, 0.29) is 5.69 Å². The highest BCUT2D eigenvalue weighted by Gasteiger charge is 2.31. The number of carbonyl (C=O) groups excluding carboxylic acids is 2. The van der Waals surface area contributed by atoms with Crippen LogP contribution in [-0.2, 0) is 6.18 Å². The van der Waals surface area contributed by atoms with Crippen molar-refractivity contribution in [3.05, 3.63) is 131 Å². The van der Waals surface area contributed by atoms with E-state index in [9.17, 15) is 22.8 Å². The Labute approximate surface area is 228 Å². The van der Waals surface area contributed by atoms with Gasteiger partial charge in [-0.2, -0.15) is 13.2 Å². The van der Waals surface area contributed by atoms with Crippen LogP contribution in [0, 0.1) is 0 Å². The molecule has 4 N–H and O–H groups in total. The van der Waals surface area contributed by atoms with Gasteiger partial charge in [0.15, 0.2) is 0 Å². The summed E-state index contributed by atoms with van der Waals surface area (Å²) in [6.07, 6.45) is -4.49. The van der Waals surface area contributed by atoms with Crippen LogP contribution in [0.3, 0.4) is 0 Å². The number of benzene rings is 4. The molecule has 0 spiro atoms. The molecule has 0 aliphatic heterocycles. The first-order chi connectivity index (χ1) is 18.7. The Kier molecular flexibility index (Phi) is 8.73. The van der Waals surface area contributed by atoms with E-state index in [1.54, 1.807) is 48.5 Å². The van der Waals surface area contributed by atoms with Crippen molar-refractivity contribution in [2.24, 2.45) is 0 Å². The molecule has 0 saturated carbocycles. The van der Waals surface area contributed by atoms with Crippen molar-refractivity contribution in [1.82, 2.24) is 10.6 Å². The van der Waals surface area contributed by atoms with Crippen molar-refractivity contribution in [1.29, 1.82) is 0 Å². The van der Waals surface area contributed by atoms with E-state index in [0.29, 0.717) is 21.8 Å². The Morgan fingerprint density at radius 1 is 0.590 bits per heavy atom. The zero-order valence-corrected chi connectivity index (χ0v) is 21.1. The molecule has 4 rings (SSSR count). The second-order valence-electron chi connectivity index (χ2n) is 8.56. The normalized spacial score (nSPS) is 12.6. The molecule has 4 aromatic carbocycles. The van der Waals surface area contributed by atoms with E-state index >= 15 is 0 Å². The van der Waals surface area contributed by atoms with Gasteiger partial charge in [-0.3, -0.25) is 0 Å². The van der Waals surface area contributed by atoms with Gasteiger partial charge in [-0.25, -0.2) is 9.59 Å². The van der Waals surface area contributed by atoms with E-state index in [2.05, 4.69) is 21.3 Å². The average molecular weight is 553 g/mol. The summed E-state index contributed by atoms with van der Waals surface area (Å²) in [6, 6.07) is 26.2. The lowest BCUT2D eigenvalue weighted by Gasteiger charge is -2.30. The van der Waals surface area contributed by atoms with Crippen LogP contribution in [-0.4, -0.2) is 12.1 Å². The maximum atomic E-state index is 13.0. The third-order valence-electron chi connectivity index (χ3n) is 5.80. The molecule has 4 amide bonds. The summed E-state index contributed by atoms with van der Waals surface area (Å²) in [5.74, 6) is 0. The number of hydrogen-bond donors (Lipinski definition) is 4. The smallest absolute Gasteiger partial charge is 0.329 e. The Hall–Kier alpha value is -4.50. The Bertz CT molecular complexity index is 1380. The molecule has 200 valence electrons. The first-order valence-electron chi connectivity index (χ1n) is 11.9. The lowest BCUT2D eigenvalue weighted by atomic mass is 9.93. The summed E-state index contributed by atoms with van der Waals surface area (Å²) in [7, 11) is 0. The van der Waals surface area contributed by atoms with Crippen LogP contribution in [0.15, 0.2) is 109 Å². The second kappa shape index (κ2) is 12.4. The summed E-state index contributed by atoms with van der Waals surface area (Å²) in [6.45, 7) is 0. The maximum Gasteiger partial charge on any atom is 0.416 e. The first-order valence-corrected chi connectivity index (χ1v) is 12.2. The molecule has 0 heterocycles. The van der Waals surface area contributed by atoms with Crippen molar-refractivity contribution in [3.63, 3.8) is 0 Å². The molecule has 10 heteroatoms. The standard InChI is InChI=1S/C29H24ClF3N4O2/c30-22-13-17-24(18-14-22)35-28(39)37-26(20-9-5-2-6-10-20)25(19-7-3-1-4-8-19)36-27(38)34-23-15-11-21(12-16-23)29(31,32)33/h1-18,25-26H,(H2,34,36,38)(H2,35,37,39). The van der Waals surface area contributed by atoms with Crippen LogP contribution in [0.1, 0.15) is 28.8 Å². The van der Waals surface area contributed by atoms with E-state index in [0.717, 1.165) is 12.1 Å². The van der Waals surface area contributed by atoms with Gasteiger partial charge in [0, 0.05) is 16.4 Å². The SMILES string of the molecule is O=C(Nc1ccc(Cl)cc1)NC(c1ccccc1)C(NC(=O)Nc1ccc(C(F)(F)F)cc1)c1ccccc1. The number of urea groups is 2. The van der Waals surface area contributed by atoms with E-state index in [4.69, 9.17) is 11.6 Å². The van der Waals surface area contributed by atoms with E-state index in [1.165, 1.54) is 12.1 Å². The van der Waals surface area contributed by atoms with Gasteiger partial charge in [-0.15, -0.1) is 0 Å². The number of nitrogens with one attached hydrogen (secondary N) is 4. The monoisotopic (exact) mass is 552 g/mol. The topological polar surface area (TPSA) is 82.3 Å². The van der Waals surface area contributed by atoms with Gasteiger partial charge in [-0.1, -0.05) is 72.3 Å². The van der Waals surface area contributed by atoms with Crippen molar-refractivity contribution >= 4 is 35.0 Å². The first kappa shape index (κ1) is 27.5. The average Bonchev–Trinajstić information content (AvgIpc) is 2.93. The number of rotatable bonds is 7. The molecule has 2 atom stereocenters. The third-order valence-corrected chi connectivity index (χ3v) is 6.05. The Morgan fingerprint density at radius 2 is 0.974 bits per heavy atom. The summed E-state index contributed by atoms with van der Waals surface area (Å²) < 4.78 is 38.7. The van der Waals surface area contributed by atoms with Gasteiger partial charge in [0.05, 0.1) is 17.6 Å². The highest BCUT2D eigenvalue weighted by molar-refractivity contribution is 6.30. The second-order valence-corrected chi connectivity index (χ2v) is 8.99. The molecule has 0 aromatic heterocycles. The van der Waals surface area contributed by atoms with Crippen LogP contribution in [0.4, 0.5) is 34.1 Å². The predicted molar refractivity (Wildman–Crippen MR) is 146 cm³/mol. The third kappa shape index (κ3) is 7.75. The summed E-state index contributed by atoms with van der Waals surface area (Å²) in [5, 5.41) is 11.7. The fraction of sp³-hybridized carbons (Fsp3) is 0.103. The van der Waals surface area contributed by atoms with Crippen molar-refractivity contribution in [2.45, 2.75) is 18.3 Å². The highest BCUT2D eigenvalue weighted by Crippen LogP contribution is 2.31. The lowest BCUT2D eigenvalue weighted by Crippen LogP contribution is -2.43. The van der Waals surface area contributed by atoms with Gasteiger partial charge >= 0.3 is 18.2 Å². The van der Waals surface area contributed by atoms with Crippen LogP contribution in [0.5, 0.6) is 0 Å². The molecule has 0 radical (unpaired) electrons. The molecule has 0 aliphatic carbocycles. The summed E-state index contributed by atoms with van der Waals surface area (Å²) in [4.78, 5) is 26.1. The summed E-state index contributed by atoms with van der Waals surface area (Å²) >= 11 is 5.93. The molecule has 4 aromatic rings. The number of carbonyl (C=O) groups is 2. The molecule has 39 heavy (non-hydrogen) atoms. The van der Waals surface area contributed by atoms with Gasteiger partial charge in [-0.05, 0) is 59.7 Å². The van der Waals surface area contributed by atoms with E-state index < -0.39 is 35.9 Å². The predicted octanol–water partition coefficient (Wildman–Crippen LogP) is 7.78. The molecular weight excluding hydrogens is 529 g/mol. The number of halogens is 4. The quantitative estimate of drug-likeness (QED) is 0.189. The molecule has 0 saturated heterocycles. The number of hydrogen-bond acceptors (Lipinski definition) is 2. The summed E-state index contributed by atoms with van der Waals surface area (Å²) in [5.41, 5.74) is 1.29. The van der Waals surface area contributed by atoms with Gasteiger partial charge in [0.1, 0.15) is 0 Å². The van der Waals surface area contributed by atoms with Crippen LogP contribution in [0.25, 0.3) is 0 Å². The van der Waals surface area contributed by atoms with Gasteiger partial charge < -0.3 is 21.3 Å². The van der Waals surface area contributed by atoms with Crippen LogP contribution >= 0.6 is 11.6 Å². The van der Waals surface area contributed by atoms with Crippen LogP contribution < -0.4 is 21.3 Å². The lowest BCUT2D eigenvalue weighted by molar-refractivity contribution is -0.137.